The highest BCUT2D eigenvalue weighted by molar-refractivity contribution is 5.76. The Hall–Kier alpha value is -4.29. The first-order valence-electron chi connectivity index (χ1n) is 19.2. The van der Waals surface area contributed by atoms with Gasteiger partial charge in [0.1, 0.15) is 11.5 Å². The third-order valence-electron chi connectivity index (χ3n) is 11.0. The highest BCUT2D eigenvalue weighted by Gasteiger charge is 2.22. The van der Waals surface area contributed by atoms with Crippen LogP contribution in [0.4, 0.5) is 17.5 Å². The van der Waals surface area contributed by atoms with Gasteiger partial charge in [-0.1, -0.05) is 62.3 Å². The molecule has 266 valence electrons. The van der Waals surface area contributed by atoms with Gasteiger partial charge in [-0.3, -0.25) is 4.90 Å². The molecule has 0 amide bonds. The van der Waals surface area contributed by atoms with Crippen LogP contribution in [0.25, 0.3) is 11.1 Å². The molecule has 4 aromatic rings. The number of benzene rings is 2. The molecule has 3 fully saturated rings. The van der Waals surface area contributed by atoms with Gasteiger partial charge in [-0.05, 0) is 110 Å². The average Bonchev–Trinajstić information content (AvgIpc) is 3.17. The Morgan fingerprint density at radius 1 is 0.804 bits per heavy atom. The highest BCUT2D eigenvalue weighted by atomic mass is 16.3. The lowest BCUT2D eigenvalue weighted by atomic mass is 9.85. The average molecular weight is 684 g/mol. The fourth-order valence-electron chi connectivity index (χ4n) is 7.68. The third-order valence-corrected chi connectivity index (χ3v) is 11.0. The number of nitrogens with zero attached hydrogens (tertiary/aromatic N) is 5. The summed E-state index contributed by atoms with van der Waals surface area (Å²) in [6, 6.07) is 21.5. The van der Waals surface area contributed by atoms with Crippen LogP contribution in [0.15, 0.2) is 73.1 Å². The van der Waals surface area contributed by atoms with Gasteiger partial charge in [0.2, 0.25) is 5.95 Å². The molecule has 0 radical (unpaired) electrons. The molecule has 3 N–H and O–H groups in total. The van der Waals surface area contributed by atoms with Crippen LogP contribution >= 0.6 is 0 Å². The molecule has 2 saturated carbocycles. The van der Waals surface area contributed by atoms with E-state index in [1.165, 1.54) is 49.7 Å². The van der Waals surface area contributed by atoms with Gasteiger partial charge in [0.25, 0.3) is 0 Å². The number of hydrogen-bond acceptors (Lipinski definition) is 8. The lowest BCUT2D eigenvalue weighted by Crippen LogP contribution is -2.43. The summed E-state index contributed by atoms with van der Waals surface area (Å²) in [5.74, 6) is 8.79. The van der Waals surface area contributed by atoms with Crippen LogP contribution in [-0.2, 0) is 13.0 Å². The van der Waals surface area contributed by atoms with Crippen LogP contribution in [0, 0.1) is 17.8 Å². The number of aryl methyl sites for hydroxylation is 1. The molecule has 8 nitrogen and oxygen atoms in total. The number of pyridine rings is 1. The first-order valence-corrected chi connectivity index (χ1v) is 19.2. The van der Waals surface area contributed by atoms with Gasteiger partial charge in [-0.15, -0.1) is 0 Å². The van der Waals surface area contributed by atoms with Crippen molar-refractivity contribution < 1.29 is 5.11 Å². The molecular formula is C43H53N7O. The second-order valence-corrected chi connectivity index (χ2v) is 14.9. The number of likely N-dealkylation sites (N-methyl/N-ethyl adjacent to an activating group) is 1. The van der Waals surface area contributed by atoms with E-state index in [1.807, 2.05) is 36.7 Å². The minimum Gasteiger partial charge on any atom is -0.393 e. The molecule has 2 aromatic carbocycles. The Morgan fingerprint density at radius 3 is 2.33 bits per heavy atom. The molecule has 7 rings (SSSR count). The van der Waals surface area contributed by atoms with Crippen LogP contribution in [0.5, 0.6) is 0 Å². The van der Waals surface area contributed by atoms with Gasteiger partial charge in [-0.2, -0.15) is 4.98 Å². The van der Waals surface area contributed by atoms with Gasteiger partial charge in [0.05, 0.1) is 6.10 Å². The molecule has 1 aliphatic heterocycles. The van der Waals surface area contributed by atoms with Gasteiger partial charge in [-0.25, -0.2) is 9.97 Å². The zero-order valence-electron chi connectivity index (χ0n) is 30.2. The van der Waals surface area contributed by atoms with Crippen molar-refractivity contribution in [2.45, 2.75) is 89.3 Å². The first kappa shape index (κ1) is 35.1. The van der Waals surface area contributed by atoms with Crippen molar-refractivity contribution in [2.75, 3.05) is 43.9 Å². The van der Waals surface area contributed by atoms with Crippen LogP contribution in [0.1, 0.15) is 86.6 Å². The van der Waals surface area contributed by atoms with Gasteiger partial charge < -0.3 is 20.6 Å². The number of aliphatic hydroxyl groups excluding tert-OH is 1. The lowest BCUT2D eigenvalue weighted by Gasteiger charge is -2.32. The van der Waals surface area contributed by atoms with E-state index in [2.05, 4.69) is 80.7 Å². The minimum absolute atomic E-state index is 0.206. The smallest absolute Gasteiger partial charge is 0.229 e. The zero-order valence-corrected chi connectivity index (χ0v) is 30.2. The van der Waals surface area contributed by atoms with E-state index >= 15 is 0 Å². The van der Waals surface area contributed by atoms with E-state index in [4.69, 9.17) is 9.97 Å². The van der Waals surface area contributed by atoms with E-state index < -0.39 is 0 Å². The van der Waals surface area contributed by atoms with E-state index in [0.29, 0.717) is 5.95 Å². The summed E-state index contributed by atoms with van der Waals surface area (Å²) in [6.07, 6.45) is 16.4. The van der Waals surface area contributed by atoms with Gasteiger partial charge >= 0.3 is 0 Å². The molecule has 0 spiro atoms. The third kappa shape index (κ3) is 10.2. The summed E-state index contributed by atoms with van der Waals surface area (Å²) < 4.78 is 0. The van der Waals surface area contributed by atoms with Crippen molar-refractivity contribution in [2.24, 2.45) is 5.92 Å². The van der Waals surface area contributed by atoms with Crippen molar-refractivity contribution in [3.8, 4) is 23.0 Å². The normalized spacial score (nSPS) is 20.4. The molecule has 0 unspecified atom stereocenters. The van der Waals surface area contributed by atoms with E-state index in [1.54, 1.807) is 0 Å². The maximum absolute atomic E-state index is 10.1. The molecule has 8 heteroatoms. The topological polar surface area (TPSA) is 89.4 Å². The number of nitrogens with one attached hydrogen (secondary N) is 2. The van der Waals surface area contributed by atoms with Crippen LogP contribution < -0.4 is 10.6 Å². The molecule has 3 heterocycles. The summed E-state index contributed by atoms with van der Waals surface area (Å²) in [5, 5.41) is 17.2. The summed E-state index contributed by atoms with van der Waals surface area (Å²) in [4.78, 5) is 19.2. The summed E-state index contributed by atoms with van der Waals surface area (Å²) in [5.41, 5.74) is 7.38. The number of aliphatic hydroxyl groups is 1. The molecule has 2 aromatic heterocycles. The number of aromatic nitrogens is 3. The molecular weight excluding hydrogens is 631 g/mol. The number of rotatable bonds is 10. The molecule has 51 heavy (non-hydrogen) atoms. The van der Waals surface area contributed by atoms with E-state index in [-0.39, 0.29) is 12.1 Å². The van der Waals surface area contributed by atoms with Gasteiger partial charge in [0.15, 0.2) is 0 Å². The van der Waals surface area contributed by atoms with E-state index in [0.717, 1.165) is 105 Å². The second kappa shape index (κ2) is 17.3. The maximum atomic E-state index is 10.1. The maximum Gasteiger partial charge on any atom is 0.229 e. The quantitative estimate of drug-likeness (QED) is 0.147. The Labute approximate surface area is 304 Å². The number of anilines is 3. The second-order valence-electron chi connectivity index (χ2n) is 14.9. The molecule has 0 bridgehead atoms. The van der Waals surface area contributed by atoms with Crippen molar-refractivity contribution in [3.63, 3.8) is 0 Å². The monoisotopic (exact) mass is 683 g/mol. The molecule has 1 saturated heterocycles. The summed E-state index contributed by atoms with van der Waals surface area (Å²) in [7, 11) is 2.19. The number of hydrogen-bond donors (Lipinski definition) is 3. The predicted molar refractivity (Wildman–Crippen MR) is 207 cm³/mol. The summed E-state index contributed by atoms with van der Waals surface area (Å²) in [6.45, 7) is 5.42. The van der Waals surface area contributed by atoms with Crippen LogP contribution in [-0.4, -0.2) is 75.2 Å². The van der Waals surface area contributed by atoms with Gasteiger partial charge in [0, 0.05) is 68.0 Å². The number of piperazine rings is 1. The summed E-state index contributed by atoms with van der Waals surface area (Å²) >= 11 is 0. The Morgan fingerprint density at radius 2 is 1.57 bits per heavy atom. The van der Waals surface area contributed by atoms with Crippen molar-refractivity contribution >= 4 is 17.5 Å². The SMILES string of the molecule is CN1CCN(Cc2ccc(-c3cnc(Nc4ccc(C#Cc5cc(CCC6CCCCC6)ccn5)cc4)nc3NC3CCC(O)CC3)cc2)CC1. The molecule has 0 atom stereocenters. The standard InChI is InChI=1S/C43H53N7O/c1-49-25-27-50(28-26-49)31-35-9-14-36(15-10-35)41-30-45-43(48-42(41)46-37-19-21-40(51)22-20-37)47-38-16-11-33(12-17-38)13-18-39-29-34(23-24-44-39)8-7-32-5-3-2-4-6-32/h9-12,14-17,23-24,29-30,32,37,40,51H,2-8,19-22,25-28,31H2,1H3,(H2,45,46,47,48). The van der Waals surface area contributed by atoms with Crippen molar-refractivity contribution in [1.29, 1.82) is 0 Å². The van der Waals surface area contributed by atoms with E-state index in [9.17, 15) is 5.11 Å². The first-order chi connectivity index (χ1) is 25.0. The van der Waals surface area contributed by atoms with Crippen molar-refractivity contribution in [1.82, 2.24) is 24.8 Å². The van der Waals surface area contributed by atoms with Crippen LogP contribution in [0.2, 0.25) is 0 Å². The Kier molecular flexibility index (Phi) is 11.9. The molecule has 2 aliphatic carbocycles. The molecule has 3 aliphatic rings. The zero-order chi connectivity index (χ0) is 34.8. The Bertz CT molecular complexity index is 1760. The highest BCUT2D eigenvalue weighted by Crippen LogP contribution is 2.31. The fourth-order valence-corrected chi connectivity index (χ4v) is 7.68. The predicted octanol–water partition coefficient (Wildman–Crippen LogP) is 7.66. The van der Waals surface area contributed by atoms with Crippen molar-refractivity contribution in [3.05, 3.63) is 95.4 Å². The Balaban J connectivity index is 1.01. The minimum atomic E-state index is -0.206. The lowest BCUT2D eigenvalue weighted by molar-refractivity contribution is 0.126. The largest absolute Gasteiger partial charge is 0.393 e. The van der Waals surface area contributed by atoms with Crippen LogP contribution in [0.3, 0.4) is 0 Å². The fraction of sp³-hybridized carbons (Fsp3) is 0.465.